The Kier molecular flexibility index (Phi) is 4.91. The smallest absolute Gasteiger partial charge is 0.123 e. The van der Waals surface area contributed by atoms with E-state index in [2.05, 4.69) is 31.1 Å². The van der Waals surface area contributed by atoms with E-state index in [-0.39, 0.29) is 18.0 Å². The number of likely N-dealkylation sites (N-methyl/N-ethyl adjacent to an activating group) is 1. The van der Waals surface area contributed by atoms with E-state index in [0.29, 0.717) is 6.04 Å². The average Bonchev–Trinajstić information content (AvgIpc) is 2.36. The molecule has 4 heteroatoms. The summed E-state index contributed by atoms with van der Waals surface area (Å²) < 4.78 is 19.3. The van der Waals surface area contributed by atoms with Gasteiger partial charge >= 0.3 is 0 Å². The van der Waals surface area contributed by atoms with Gasteiger partial charge < -0.3 is 10.1 Å². The molecule has 106 valence electrons. The Labute approximate surface area is 114 Å². The Hall–Kier alpha value is -0.970. The van der Waals surface area contributed by atoms with Crippen LogP contribution in [0.5, 0.6) is 0 Å². The van der Waals surface area contributed by atoms with E-state index in [9.17, 15) is 4.39 Å². The second kappa shape index (κ2) is 6.46. The van der Waals surface area contributed by atoms with Crippen molar-refractivity contribution < 1.29 is 9.13 Å². The van der Waals surface area contributed by atoms with Crippen molar-refractivity contribution in [2.24, 2.45) is 0 Å². The number of rotatable bonds is 4. The van der Waals surface area contributed by atoms with Gasteiger partial charge in [-0.2, -0.15) is 0 Å². The lowest BCUT2D eigenvalue weighted by atomic mass is 9.98. The number of nitrogens with zero attached hydrogens (tertiary/aromatic N) is 1. The summed E-state index contributed by atoms with van der Waals surface area (Å²) in [6.45, 7) is 6.61. The largest absolute Gasteiger partial charge is 0.374 e. The molecule has 19 heavy (non-hydrogen) atoms. The highest BCUT2D eigenvalue weighted by molar-refractivity contribution is 5.22. The molecule has 1 aliphatic rings. The molecular formula is C15H23FN2O. The Balaban J connectivity index is 2.16. The fourth-order valence-corrected chi connectivity index (χ4v) is 2.54. The number of benzene rings is 1. The van der Waals surface area contributed by atoms with Crippen LogP contribution < -0.4 is 5.32 Å². The number of morpholine rings is 1. The number of hydrogen-bond acceptors (Lipinski definition) is 3. The maximum absolute atomic E-state index is 13.4. The first-order valence-electron chi connectivity index (χ1n) is 6.88. The summed E-state index contributed by atoms with van der Waals surface area (Å²) in [4.78, 5) is 2.24. The Morgan fingerprint density at radius 3 is 2.95 bits per heavy atom. The molecule has 0 radical (unpaired) electrons. The molecule has 1 heterocycles. The molecule has 0 amide bonds. The summed E-state index contributed by atoms with van der Waals surface area (Å²) in [6, 6.07) is 7.35. The van der Waals surface area contributed by atoms with Crippen LogP contribution in [0.2, 0.25) is 0 Å². The highest BCUT2D eigenvalue weighted by atomic mass is 19.1. The van der Waals surface area contributed by atoms with Crippen LogP contribution in [-0.4, -0.2) is 43.8 Å². The van der Waals surface area contributed by atoms with Gasteiger partial charge in [-0.05, 0) is 24.7 Å². The number of ether oxygens (including phenoxy) is 1. The molecule has 1 N–H and O–H groups in total. The van der Waals surface area contributed by atoms with Crippen LogP contribution in [0.3, 0.4) is 0 Å². The van der Waals surface area contributed by atoms with Crippen LogP contribution in [0, 0.1) is 5.82 Å². The third kappa shape index (κ3) is 3.75. The molecule has 3 nitrogen and oxygen atoms in total. The maximum atomic E-state index is 13.4. The molecule has 1 aromatic rings. The minimum Gasteiger partial charge on any atom is -0.374 e. The van der Waals surface area contributed by atoms with Crippen molar-refractivity contribution in [3.05, 3.63) is 35.6 Å². The van der Waals surface area contributed by atoms with E-state index < -0.39 is 0 Å². The molecule has 0 saturated carbocycles. The van der Waals surface area contributed by atoms with Crippen molar-refractivity contribution in [2.45, 2.75) is 32.0 Å². The first-order chi connectivity index (χ1) is 9.08. The topological polar surface area (TPSA) is 24.5 Å². The van der Waals surface area contributed by atoms with Gasteiger partial charge in [-0.1, -0.05) is 26.0 Å². The summed E-state index contributed by atoms with van der Waals surface area (Å²) in [5, 5.41) is 3.40. The third-order valence-corrected chi connectivity index (χ3v) is 3.52. The fourth-order valence-electron chi connectivity index (χ4n) is 2.54. The maximum Gasteiger partial charge on any atom is 0.123 e. The molecule has 2 atom stereocenters. The van der Waals surface area contributed by atoms with Crippen LogP contribution in [0.25, 0.3) is 0 Å². The van der Waals surface area contributed by atoms with Gasteiger partial charge in [0.2, 0.25) is 0 Å². The molecule has 0 aliphatic carbocycles. The molecule has 0 bridgehead atoms. The number of nitrogens with one attached hydrogen (secondary N) is 1. The average molecular weight is 266 g/mol. The zero-order valence-corrected chi connectivity index (χ0v) is 11.9. The SMILES string of the molecule is CC(C)NCC1OCCN(C)C1c1cccc(F)c1. The minimum absolute atomic E-state index is 0.0583. The first-order valence-corrected chi connectivity index (χ1v) is 6.88. The summed E-state index contributed by atoms with van der Waals surface area (Å²) >= 11 is 0. The molecule has 1 fully saturated rings. The number of halogens is 1. The number of hydrogen-bond donors (Lipinski definition) is 1. The first kappa shape index (κ1) is 14.4. The predicted octanol–water partition coefficient (Wildman–Crippen LogP) is 2.20. The van der Waals surface area contributed by atoms with Crippen molar-refractivity contribution in [1.29, 1.82) is 0 Å². The fraction of sp³-hybridized carbons (Fsp3) is 0.600. The standard InChI is InChI=1S/C15H23FN2O/c1-11(2)17-10-14-15(18(3)7-8-19-14)12-5-4-6-13(16)9-12/h4-6,9,11,14-15,17H,7-8,10H2,1-3H3. The molecule has 0 spiro atoms. The highest BCUT2D eigenvalue weighted by Gasteiger charge is 2.31. The molecule has 2 rings (SSSR count). The van der Waals surface area contributed by atoms with Gasteiger partial charge in [0.25, 0.3) is 0 Å². The Morgan fingerprint density at radius 1 is 1.47 bits per heavy atom. The summed E-state index contributed by atoms with van der Waals surface area (Å²) in [5.41, 5.74) is 0.984. The van der Waals surface area contributed by atoms with Gasteiger partial charge in [-0.25, -0.2) is 4.39 Å². The lowest BCUT2D eigenvalue weighted by molar-refractivity contribution is -0.0620. The molecule has 1 aromatic carbocycles. The summed E-state index contributed by atoms with van der Waals surface area (Å²) in [6.07, 6.45) is 0.0583. The molecule has 2 unspecified atom stereocenters. The van der Waals surface area contributed by atoms with Gasteiger partial charge in [0, 0.05) is 19.1 Å². The van der Waals surface area contributed by atoms with Crippen LogP contribution in [0.1, 0.15) is 25.5 Å². The zero-order chi connectivity index (χ0) is 13.8. The normalized spacial score (nSPS) is 24.9. The Bertz CT molecular complexity index is 411. The molecule has 0 aromatic heterocycles. The van der Waals surface area contributed by atoms with E-state index in [1.54, 1.807) is 12.1 Å². The van der Waals surface area contributed by atoms with Crippen LogP contribution in [-0.2, 0) is 4.74 Å². The second-order valence-corrected chi connectivity index (χ2v) is 5.45. The van der Waals surface area contributed by atoms with E-state index in [1.807, 2.05) is 6.07 Å². The van der Waals surface area contributed by atoms with Crippen molar-refractivity contribution in [2.75, 3.05) is 26.7 Å². The predicted molar refractivity (Wildman–Crippen MR) is 74.6 cm³/mol. The van der Waals surface area contributed by atoms with Gasteiger partial charge in [0.15, 0.2) is 0 Å². The van der Waals surface area contributed by atoms with Gasteiger partial charge in [-0.3, -0.25) is 4.90 Å². The van der Waals surface area contributed by atoms with E-state index in [4.69, 9.17) is 4.74 Å². The monoisotopic (exact) mass is 266 g/mol. The van der Waals surface area contributed by atoms with Crippen LogP contribution in [0.15, 0.2) is 24.3 Å². The zero-order valence-electron chi connectivity index (χ0n) is 11.9. The summed E-state index contributed by atoms with van der Waals surface area (Å²) in [5.74, 6) is -0.188. The molecular weight excluding hydrogens is 243 g/mol. The van der Waals surface area contributed by atoms with Gasteiger partial charge in [0.05, 0.1) is 18.8 Å². The van der Waals surface area contributed by atoms with Crippen molar-refractivity contribution in [1.82, 2.24) is 10.2 Å². The quantitative estimate of drug-likeness (QED) is 0.904. The third-order valence-electron chi connectivity index (χ3n) is 3.52. The molecule has 1 aliphatic heterocycles. The van der Waals surface area contributed by atoms with E-state index in [1.165, 1.54) is 6.07 Å². The van der Waals surface area contributed by atoms with Crippen molar-refractivity contribution in [3.8, 4) is 0 Å². The second-order valence-electron chi connectivity index (χ2n) is 5.45. The molecule has 1 saturated heterocycles. The van der Waals surface area contributed by atoms with Crippen LogP contribution >= 0.6 is 0 Å². The van der Waals surface area contributed by atoms with E-state index in [0.717, 1.165) is 25.3 Å². The lowest BCUT2D eigenvalue weighted by Gasteiger charge is -2.39. The van der Waals surface area contributed by atoms with Crippen molar-refractivity contribution >= 4 is 0 Å². The lowest BCUT2D eigenvalue weighted by Crippen LogP contribution is -2.48. The highest BCUT2D eigenvalue weighted by Crippen LogP contribution is 2.28. The van der Waals surface area contributed by atoms with Gasteiger partial charge in [-0.15, -0.1) is 0 Å². The van der Waals surface area contributed by atoms with Crippen LogP contribution in [0.4, 0.5) is 4.39 Å². The van der Waals surface area contributed by atoms with E-state index >= 15 is 0 Å². The van der Waals surface area contributed by atoms with Crippen molar-refractivity contribution in [3.63, 3.8) is 0 Å². The minimum atomic E-state index is -0.188. The van der Waals surface area contributed by atoms with Gasteiger partial charge in [0.1, 0.15) is 5.82 Å². The summed E-state index contributed by atoms with van der Waals surface area (Å²) in [7, 11) is 2.07. The Morgan fingerprint density at radius 2 is 2.26 bits per heavy atom.